The molecule has 4 rings (SSSR count). The summed E-state index contributed by atoms with van der Waals surface area (Å²) in [6.07, 6.45) is 1.82. The zero-order valence-corrected chi connectivity index (χ0v) is 17.7. The molecule has 1 aliphatic heterocycles. The predicted molar refractivity (Wildman–Crippen MR) is 114 cm³/mol. The van der Waals surface area contributed by atoms with E-state index in [4.69, 9.17) is 12.2 Å². The fourth-order valence-corrected chi connectivity index (χ4v) is 5.19. The summed E-state index contributed by atoms with van der Waals surface area (Å²) in [6, 6.07) is 16.4. The zero-order chi connectivity index (χ0) is 17.4. The zero-order valence-electron chi connectivity index (χ0n) is 12.9. The third-order valence-electron chi connectivity index (χ3n) is 4.08. The number of rotatable bonds is 3. The maximum Gasteiger partial charge on any atom is 0.174 e. The Morgan fingerprint density at radius 2 is 1.88 bits per heavy atom. The molecule has 0 unspecified atom stereocenters. The normalized spacial score (nSPS) is 19.9. The largest absolute Gasteiger partial charge is 0.351 e. The summed E-state index contributed by atoms with van der Waals surface area (Å²) in [5, 5.41) is 6.28. The lowest BCUT2D eigenvalue weighted by Crippen LogP contribution is -2.28. The molecule has 2 atom stereocenters. The van der Waals surface area contributed by atoms with E-state index in [2.05, 4.69) is 70.6 Å². The Hall–Kier alpha value is -1.28. The Bertz CT molecular complexity index is 896. The van der Waals surface area contributed by atoms with Crippen LogP contribution in [0.5, 0.6) is 0 Å². The predicted octanol–water partition coefficient (Wildman–Crippen LogP) is 5.85. The number of nitrogens with one attached hydrogen (secondary N) is 1. The average Bonchev–Trinajstić information content (AvgIpc) is 3.20. The van der Waals surface area contributed by atoms with E-state index in [9.17, 15) is 0 Å². The quantitative estimate of drug-likeness (QED) is 0.462. The molecule has 7 heteroatoms. The van der Waals surface area contributed by atoms with Crippen molar-refractivity contribution in [3.63, 3.8) is 0 Å². The molecule has 1 aromatic carbocycles. The van der Waals surface area contributed by atoms with Crippen LogP contribution in [0.25, 0.3) is 0 Å². The van der Waals surface area contributed by atoms with Crippen molar-refractivity contribution in [2.24, 2.45) is 0 Å². The van der Waals surface area contributed by atoms with E-state index in [0.717, 1.165) is 20.3 Å². The van der Waals surface area contributed by atoms with Gasteiger partial charge in [-0.25, -0.2) is 0 Å². The second-order valence-corrected chi connectivity index (χ2v) is 8.80. The molecule has 0 saturated carbocycles. The van der Waals surface area contributed by atoms with Crippen molar-refractivity contribution in [1.82, 2.24) is 10.3 Å². The Morgan fingerprint density at radius 3 is 2.52 bits per heavy atom. The van der Waals surface area contributed by atoms with E-state index < -0.39 is 0 Å². The standard InChI is InChI=1S/C18H13Br2N3S2/c19-11-4-6-13(7-5-11)23-17(15-9-12(20)10-25-15)16(22-18(23)24)14-3-1-2-8-21-14/h1-10,16-17H,(H,22,24)/t16-,17+/m0/s1. The van der Waals surface area contributed by atoms with Gasteiger partial charge in [0.25, 0.3) is 0 Å². The van der Waals surface area contributed by atoms with Crippen molar-refractivity contribution in [2.45, 2.75) is 12.1 Å². The number of nitrogens with zero attached hydrogens (tertiary/aromatic N) is 2. The fraction of sp³-hybridized carbons (Fsp3) is 0.111. The second kappa shape index (κ2) is 7.15. The molecular weight excluding hydrogens is 482 g/mol. The summed E-state index contributed by atoms with van der Waals surface area (Å²) in [7, 11) is 0. The number of thiophene rings is 1. The number of pyridine rings is 1. The topological polar surface area (TPSA) is 28.2 Å². The molecule has 3 aromatic rings. The number of aromatic nitrogens is 1. The fourth-order valence-electron chi connectivity index (χ4n) is 3.01. The van der Waals surface area contributed by atoms with E-state index in [0.29, 0.717) is 5.11 Å². The van der Waals surface area contributed by atoms with Gasteiger partial charge in [0, 0.05) is 31.1 Å². The Balaban J connectivity index is 1.81. The Labute approximate surface area is 172 Å². The highest BCUT2D eigenvalue weighted by molar-refractivity contribution is 9.10. The lowest BCUT2D eigenvalue weighted by atomic mass is 10.0. The monoisotopic (exact) mass is 493 g/mol. The maximum atomic E-state index is 5.68. The van der Waals surface area contributed by atoms with Gasteiger partial charge in [-0.3, -0.25) is 4.98 Å². The third-order valence-corrected chi connectivity index (χ3v) is 6.69. The molecule has 0 amide bonds. The Kier molecular flexibility index (Phi) is 4.90. The molecule has 0 radical (unpaired) electrons. The van der Waals surface area contributed by atoms with E-state index in [1.807, 2.05) is 36.5 Å². The SMILES string of the molecule is S=C1N[C@@H](c2ccccn2)[C@@H](c2cc(Br)cs2)N1c1ccc(Br)cc1. The van der Waals surface area contributed by atoms with Crippen molar-refractivity contribution in [3.8, 4) is 0 Å². The molecule has 126 valence electrons. The number of halogens is 2. The summed E-state index contributed by atoms with van der Waals surface area (Å²) in [6.45, 7) is 0. The van der Waals surface area contributed by atoms with Crippen LogP contribution in [0.4, 0.5) is 5.69 Å². The molecule has 1 N–H and O–H groups in total. The molecule has 0 spiro atoms. The van der Waals surface area contributed by atoms with Gasteiger partial charge >= 0.3 is 0 Å². The second-order valence-electron chi connectivity index (χ2n) is 5.64. The van der Waals surface area contributed by atoms with Crippen LogP contribution < -0.4 is 10.2 Å². The first kappa shape index (κ1) is 17.1. The molecule has 25 heavy (non-hydrogen) atoms. The first-order valence-corrected chi connectivity index (χ1v) is 10.5. The van der Waals surface area contributed by atoms with Crippen LogP contribution in [0.15, 0.2) is 69.1 Å². The lowest BCUT2D eigenvalue weighted by Gasteiger charge is -2.26. The molecule has 3 nitrogen and oxygen atoms in total. The molecule has 1 fully saturated rings. The molecular formula is C18H13Br2N3S2. The van der Waals surface area contributed by atoms with Crippen LogP contribution in [-0.2, 0) is 0 Å². The van der Waals surface area contributed by atoms with Crippen LogP contribution in [-0.4, -0.2) is 10.1 Å². The van der Waals surface area contributed by atoms with Crippen molar-refractivity contribution in [1.29, 1.82) is 0 Å². The molecule has 3 heterocycles. The summed E-state index contributed by atoms with van der Waals surface area (Å²) in [4.78, 5) is 7.97. The van der Waals surface area contributed by atoms with Crippen molar-refractivity contribution in [3.05, 3.63) is 79.6 Å². The average molecular weight is 495 g/mol. The molecule has 0 bridgehead atoms. The first-order valence-electron chi connectivity index (χ1n) is 7.63. The van der Waals surface area contributed by atoms with Gasteiger partial charge in [0.05, 0.1) is 17.8 Å². The van der Waals surface area contributed by atoms with E-state index in [-0.39, 0.29) is 12.1 Å². The Morgan fingerprint density at radius 1 is 1.08 bits per heavy atom. The third kappa shape index (κ3) is 3.38. The van der Waals surface area contributed by atoms with Gasteiger partial charge < -0.3 is 10.2 Å². The molecule has 2 aromatic heterocycles. The van der Waals surface area contributed by atoms with E-state index in [1.165, 1.54) is 4.88 Å². The number of thiocarbonyl (C=S) groups is 1. The molecule has 1 aliphatic rings. The summed E-state index contributed by atoms with van der Waals surface area (Å²) < 4.78 is 2.13. The first-order chi connectivity index (χ1) is 12.1. The van der Waals surface area contributed by atoms with Gasteiger partial charge in [-0.1, -0.05) is 22.0 Å². The van der Waals surface area contributed by atoms with Gasteiger partial charge in [-0.05, 0) is 70.6 Å². The molecule has 1 saturated heterocycles. The maximum absolute atomic E-state index is 5.68. The molecule has 0 aliphatic carbocycles. The highest BCUT2D eigenvalue weighted by Crippen LogP contribution is 2.44. The van der Waals surface area contributed by atoms with Gasteiger partial charge in [0.15, 0.2) is 5.11 Å². The van der Waals surface area contributed by atoms with Crippen LogP contribution in [0.2, 0.25) is 0 Å². The van der Waals surface area contributed by atoms with E-state index in [1.54, 1.807) is 11.3 Å². The van der Waals surface area contributed by atoms with Crippen molar-refractivity contribution in [2.75, 3.05) is 4.90 Å². The van der Waals surface area contributed by atoms with Crippen molar-refractivity contribution >= 4 is 66.2 Å². The minimum absolute atomic E-state index is 0.00268. The minimum atomic E-state index is 0.00268. The van der Waals surface area contributed by atoms with Crippen molar-refractivity contribution < 1.29 is 0 Å². The number of benzene rings is 1. The van der Waals surface area contributed by atoms with Crippen LogP contribution in [0.1, 0.15) is 22.7 Å². The van der Waals surface area contributed by atoms with E-state index >= 15 is 0 Å². The summed E-state index contributed by atoms with van der Waals surface area (Å²) in [5.74, 6) is 0. The minimum Gasteiger partial charge on any atom is -0.351 e. The highest BCUT2D eigenvalue weighted by Gasteiger charge is 2.41. The summed E-state index contributed by atoms with van der Waals surface area (Å²) in [5.41, 5.74) is 2.05. The number of hydrogen-bond acceptors (Lipinski definition) is 3. The van der Waals surface area contributed by atoms with Gasteiger partial charge in [-0.15, -0.1) is 11.3 Å². The smallest absolute Gasteiger partial charge is 0.174 e. The number of anilines is 1. The van der Waals surface area contributed by atoms with Gasteiger partial charge in [0.2, 0.25) is 0 Å². The van der Waals surface area contributed by atoms with Crippen LogP contribution in [0, 0.1) is 0 Å². The summed E-state index contributed by atoms with van der Waals surface area (Å²) >= 11 is 14.5. The van der Waals surface area contributed by atoms with Crippen LogP contribution in [0.3, 0.4) is 0 Å². The van der Waals surface area contributed by atoms with Gasteiger partial charge in [-0.2, -0.15) is 0 Å². The highest BCUT2D eigenvalue weighted by atomic mass is 79.9. The number of hydrogen-bond donors (Lipinski definition) is 1. The van der Waals surface area contributed by atoms with Gasteiger partial charge in [0.1, 0.15) is 0 Å². The lowest BCUT2D eigenvalue weighted by molar-refractivity contribution is 0.575. The van der Waals surface area contributed by atoms with Crippen LogP contribution >= 0.6 is 55.4 Å².